The van der Waals surface area contributed by atoms with Crippen LogP contribution in [0.5, 0.6) is 5.75 Å². The van der Waals surface area contributed by atoms with Crippen LogP contribution >= 0.6 is 11.3 Å². The molecule has 0 saturated heterocycles. The van der Waals surface area contributed by atoms with Gasteiger partial charge in [0.2, 0.25) is 5.76 Å². The van der Waals surface area contributed by atoms with E-state index in [4.69, 9.17) is 9.15 Å². The monoisotopic (exact) mass is 385 g/mol. The molecule has 0 radical (unpaired) electrons. The van der Waals surface area contributed by atoms with E-state index in [9.17, 15) is 9.59 Å². The molecule has 7 heteroatoms. The van der Waals surface area contributed by atoms with Gasteiger partial charge in [-0.1, -0.05) is 6.07 Å². The van der Waals surface area contributed by atoms with Crippen molar-refractivity contribution in [2.45, 2.75) is 6.04 Å². The summed E-state index contributed by atoms with van der Waals surface area (Å²) >= 11 is 1.54. The Morgan fingerprint density at radius 2 is 2.07 bits per heavy atom. The number of methoxy groups -OCH3 is 1. The number of carbonyl (C=O) groups excluding carboxylic acids is 1. The van der Waals surface area contributed by atoms with Crippen molar-refractivity contribution in [3.05, 3.63) is 62.1 Å². The Hall–Kier alpha value is -2.64. The molecule has 0 fully saturated rings. The molecule has 2 aromatic heterocycles. The van der Waals surface area contributed by atoms with Crippen LogP contribution < -0.4 is 15.1 Å². The topological polar surface area (TPSA) is 64.2 Å². The summed E-state index contributed by atoms with van der Waals surface area (Å²) in [4.78, 5) is 30.4. The number of hydrogen-bond acceptors (Lipinski definition) is 5. The molecule has 140 valence electrons. The number of hydrogen-bond donors (Lipinski definition) is 1. The number of carbonyl (C=O) groups is 1. The zero-order chi connectivity index (χ0) is 19.1. The SMILES string of the molecule is COc1ccc2c(=O)c3c(oc2c1)C(=O)N(CC[NH+](C)C)[C@@H]3c1cccs1. The Bertz CT molecular complexity index is 1060. The minimum Gasteiger partial charge on any atom is -0.497 e. The van der Waals surface area contributed by atoms with Gasteiger partial charge in [0, 0.05) is 10.9 Å². The Labute approximate surface area is 160 Å². The van der Waals surface area contributed by atoms with Gasteiger partial charge in [-0.2, -0.15) is 0 Å². The number of nitrogens with one attached hydrogen (secondary N) is 1. The lowest BCUT2D eigenvalue weighted by Crippen LogP contribution is -3.06. The Balaban J connectivity index is 1.92. The summed E-state index contributed by atoms with van der Waals surface area (Å²) in [7, 11) is 5.63. The predicted molar refractivity (Wildman–Crippen MR) is 104 cm³/mol. The lowest BCUT2D eigenvalue weighted by atomic mass is 10.0. The van der Waals surface area contributed by atoms with E-state index in [-0.39, 0.29) is 17.1 Å². The summed E-state index contributed by atoms with van der Waals surface area (Å²) in [5.41, 5.74) is 0.658. The van der Waals surface area contributed by atoms with Gasteiger partial charge >= 0.3 is 0 Å². The molecule has 0 saturated carbocycles. The lowest BCUT2D eigenvalue weighted by molar-refractivity contribution is -0.857. The predicted octanol–water partition coefficient (Wildman–Crippen LogP) is 1.55. The first kappa shape index (κ1) is 17.8. The second kappa shape index (κ2) is 6.83. The molecule has 1 aliphatic rings. The van der Waals surface area contributed by atoms with Crippen molar-refractivity contribution in [1.29, 1.82) is 0 Å². The molecule has 3 heterocycles. The molecule has 1 N–H and O–H groups in total. The summed E-state index contributed by atoms with van der Waals surface area (Å²) < 4.78 is 11.1. The summed E-state index contributed by atoms with van der Waals surface area (Å²) in [5, 5.41) is 2.42. The van der Waals surface area contributed by atoms with Gasteiger partial charge in [-0.05, 0) is 23.6 Å². The number of quaternary nitrogens is 1. The largest absolute Gasteiger partial charge is 0.497 e. The minimum absolute atomic E-state index is 0.146. The molecule has 0 spiro atoms. The van der Waals surface area contributed by atoms with Crippen LogP contribution in [0.2, 0.25) is 0 Å². The normalized spacial score (nSPS) is 16.4. The van der Waals surface area contributed by atoms with Crippen molar-refractivity contribution in [2.75, 3.05) is 34.3 Å². The third-order valence-electron chi connectivity index (χ3n) is 4.84. The zero-order valence-corrected chi connectivity index (χ0v) is 16.3. The third kappa shape index (κ3) is 2.93. The highest BCUT2D eigenvalue weighted by atomic mass is 32.1. The van der Waals surface area contributed by atoms with Crippen molar-refractivity contribution < 1.29 is 18.8 Å². The molecule has 0 aliphatic carbocycles. The number of rotatable bonds is 5. The van der Waals surface area contributed by atoms with E-state index in [1.165, 1.54) is 4.90 Å². The molecule has 1 atom stereocenters. The second-order valence-electron chi connectivity index (χ2n) is 6.91. The van der Waals surface area contributed by atoms with E-state index in [2.05, 4.69) is 0 Å². The number of amides is 1. The zero-order valence-electron chi connectivity index (χ0n) is 15.4. The maximum Gasteiger partial charge on any atom is 0.291 e. The molecule has 27 heavy (non-hydrogen) atoms. The molecule has 0 bridgehead atoms. The first-order valence-electron chi connectivity index (χ1n) is 8.79. The van der Waals surface area contributed by atoms with E-state index in [0.717, 1.165) is 11.4 Å². The molecule has 1 aromatic carbocycles. The smallest absolute Gasteiger partial charge is 0.291 e. The summed E-state index contributed by atoms with van der Waals surface area (Å²) in [6.07, 6.45) is 0. The van der Waals surface area contributed by atoms with Crippen LogP contribution in [-0.2, 0) is 0 Å². The van der Waals surface area contributed by atoms with Crippen LogP contribution in [0, 0.1) is 0 Å². The van der Waals surface area contributed by atoms with Gasteiger partial charge in [-0.15, -0.1) is 11.3 Å². The maximum absolute atomic E-state index is 13.3. The molecule has 0 unspecified atom stereocenters. The van der Waals surface area contributed by atoms with Crippen LogP contribution in [-0.4, -0.2) is 45.1 Å². The van der Waals surface area contributed by atoms with Gasteiger partial charge in [0.05, 0.1) is 51.3 Å². The van der Waals surface area contributed by atoms with E-state index in [0.29, 0.717) is 28.8 Å². The first-order chi connectivity index (χ1) is 13.0. The number of nitrogens with zero attached hydrogens (tertiary/aromatic N) is 1. The fourth-order valence-corrected chi connectivity index (χ4v) is 4.29. The maximum atomic E-state index is 13.3. The summed E-state index contributed by atoms with van der Waals surface area (Å²) in [5.74, 6) is 0.498. The standard InChI is InChI=1S/C20H20N2O4S/c1-21(2)8-9-22-17(15-5-4-10-27-15)16-18(23)13-7-6-12(25-3)11-14(13)26-19(16)20(22)24/h4-7,10-11,17H,8-9H2,1-3H3/p+1/t17-/m1/s1. The van der Waals surface area contributed by atoms with E-state index in [1.54, 1.807) is 41.5 Å². The Morgan fingerprint density at radius 3 is 2.74 bits per heavy atom. The van der Waals surface area contributed by atoms with Crippen LogP contribution in [0.3, 0.4) is 0 Å². The Kier molecular flexibility index (Phi) is 4.49. The van der Waals surface area contributed by atoms with Crippen molar-refractivity contribution in [3.63, 3.8) is 0 Å². The molecule has 6 nitrogen and oxygen atoms in total. The first-order valence-corrected chi connectivity index (χ1v) is 9.67. The summed E-state index contributed by atoms with van der Waals surface area (Å²) in [6.45, 7) is 1.33. The van der Waals surface area contributed by atoms with E-state index < -0.39 is 6.04 Å². The Morgan fingerprint density at radius 1 is 1.26 bits per heavy atom. The van der Waals surface area contributed by atoms with Crippen molar-refractivity contribution in [2.24, 2.45) is 0 Å². The highest BCUT2D eigenvalue weighted by Gasteiger charge is 2.43. The fraction of sp³-hybridized carbons (Fsp3) is 0.300. The van der Waals surface area contributed by atoms with Crippen LogP contribution in [0.15, 0.2) is 44.9 Å². The van der Waals surface area contributed by atoms with Crippen LogP contribution in [0.1, 0.15) is 27.0 Å². The number of ether oxygens (including phenoxy) is 1. The van der Waals surface area contributed by atoms with Gasteiger partial charge in [-0.3, -0.25) is 9.59 Å². The average molecular weight is 385 g/mol. The van der Waals surface area contributed by atoms with Gasteiger partial charge in [0.25, 0.3) is 5.91 Å². The van der Waals surface area contributed by atoms with Crippen molar-refractivity contribution in [1.82, 2.24) is 4.90 Å². The molecule has 3 aromatic rings. The van der Waals surface area contributed by atoms with Crippen LogP contribution in [0.4, 0.5) is 0 Å². The summed E-state index contributed by atoms with van der Waals surface area (Å²) in [6, 6.07) is 8.58. The molecule has 1 amide bonds. The average Bonchev–Trinajstić information content (AvgIpc) is 3.27. The van der Waals surface area contributed by atoms with Crippen molar-refractivity contribution >= 4 is 28.2 Å². The second-order valence-corrected chi connectivity index (χ2v) is 7.89. The molecule has 1 aliphatic heterocycles. The minimum atomic E-state index is -0.394. The molecular weight excluding hydrogens is 364 g/mol. The van der Waals surface area contributed by atoms with Gasteiger partial charge < -0.3 is 19.0 Å². The van der Waals surface area contributed by atoms with Gasteiger partial charge in [-0.25, -0.2) is 0 Å². The number of likely N-dealkylation sites (N-methyl/N-ethyl adjacent to an activating group) is 1. The van der Waals surface area contributed by atoms with Crippen LogP contribution in [0.25, 0.3) is 11.0 Å². The molecule has 4 rings (SSSR count). The van der Waals surface area contributed by atoms with Crippen molar-refractivity contribution in [3.8, 4) is 5.75 Å². The van der Waals surface area contributed by atoms with E-state index >= 15 is 0 Å². The van der Waals surface area contributed by atoms with Gasteiger partial charge in [0.1, 0.15) is 11.3 Å². The van der Waals surface area contributed by atoms with Gasteiger partial charge in [0.15, 0.2) is 5.43 Å². The molecular formula is C20H21N2O4S+. The third-order valence-corrected chi connectivity index (χ3v) is 5.77. The van der Waals surface area contributed by atoms with E-state index in [1.807, 2.05) is 31.6 Å². The number of fused-ring (bicyclic) bond motifs is 2. The fourth-order valence-electron chi connectivity index (χ4n) is 3.44. The highest BCUT2D eigenvalue weighted by molar-refractivity contribution is 7.10. The number of thiophene rings is 1. The number of benzene rings is 1. The highest BCUT2D eigenvalue weighted by Crippen LogP contribution is 2.39. The quantitative estimate of drug-likeness (QED) is 0.724. The lowest BCUT2D eigenvalue weighted by Gasteiger charge is -2.24.